The predicted molar refractivity (Wildman–Crippen MR) is 121 cm³/mol. The van der Waals surface area contributed by atoms with Crippen LogP contribution in [0.25, 0.3) is 11.8 Å². The molecular weight excluding hydrogens is 429 g/mol. The first-order valence-electron chi connectivity index (χ1n) is 11.0. The molecule has 0 spiro atoms. The van der Waals surface area contributed by atoms with Crippen LogP contribution in [0.4, 0.5) is 4.39 Å². The second kappa shape index (κ2) is 10.3. The molecule has 1 heterocycles. The van der Waals surface area contributed by atoms with Gasteiger partial charge in [0.2, 0.25) is 0 Å². The zero-order valence-electron chi connectivity index (χ0n) is 19.0. The molecule has 1 saturated carbocycles. The Morgan fingerprint density at radius 3 is 2.42 bits per heavy atom. The monoisotopic (exact) mass is 459 g/mol. The first kappa shape index (κ1) is 24.6. The van der Waals surface area contributed by atoms with E-state index < -0.39 is 30.4 Å². The number of carboxylic acids is 1. The van der Waals surface area contributed by atoms with Crippen LogP contribution in [0.2, 0.25) is 0 Å². The highest BCUT2D eigenvalue weighted by atomic mass is 19.1. The number of hydrogen-bond acceptors (Lipinski definition) is 5. The topological polar surface area (TPSA) is 116 Å². The van der Waals surface area contributed by atoms with Gasteiger partial charge >= 0.3 is 5.97 Å². The third kappa shape index (κ3) is 6.06. The van der Waals surface area contributed by atoms with E-state index in [9.17, 15) is 24.2 Å². The number of carbonyl (C=O) groups excluding carboxylic acids is 1. The van der Waals surface area contributed by atoms with Crippen molar-refractivity contribution in [1.29, 1.82) is 0 Å². The minimum absolute atomic E-state index is 0.0832. The molecule has 33 heavy (non-hydrogen) atoms. The molecule has 0 bridgehead atoms. The van der Waals surface area contributed by atoms with E-state index in [4.69, 9.17) is 5.11 Å². The van der Waals surface area contributed by atoms with Gasteiger partial charge < -0.3 is 20.2 Å². The summed E-state index contributed by atoms with van der Waals surface area (Å²) in [5, 5.41) is 33.5. The Bertz CT molecular complexity index is 1030. The quantitative estimate of drug-likeness (QED) is 0.503. The third-order valence-corrected chi connectivity index (χ3v) is 5.63. The van der Waals surface area contributed by atoms with Crippen LogP contribution in [0.15, 0.2) is 30.3 Å². The molecular formula is C24H30FN3O5. The summed E-state index contributed by atoms with van der Waals surface area (Å²) < 4.78 is 15.0. The van der Waals surface area contributed by atoms with Crippen molar-refractivity contribution >= 4 is 18.0 Å². The molecule has 2 unspecified atom stereocenters. The summed E-state index contributed by atoms with van der Waals surface area (Å²) >= 11 is 0. The average molecular weight is 460 g/mol. The molecule has 178 valence electrons. The van der Waals surface area contributed by atoms with Gasteiger partial charge in [-0.2, -0.15) is 5.10 Å². The van der Waals surface area contributed by atoms with E-state index in [0.717, 1.165) is 12.8 Å². The zero-order chi connectivity index (χ0) is 24.3. The van der Waals surface area contributed by atoms with Crippen molar-refractivity contribution in [3.8, 4) is 5.69 Å². The molecule has 1 aromatic carbocycles. The van der Waals surface area contributed by atoms with Gasteiger partial charge in [0.25, 0.3) is 5.91 Å². The summed E-state index contributed by atoms with van der Waals surface area (Å²) in [6.07, 6.45) is 2.03. The molecule has 9 heteroatoms. The standard InChI is InChI=1S/C24H30FN3O5/c1-14(2)22-20(11-10-18(29)12-19(30)13-21(31)32)28(17-6-4-15(25)5-7-17)26-23(22)24(33)27(3)16-8-9-16/h4-7,10-11,14,16,18-19,29-30H,8-9,12-13H2,1-3H3,(H,31,32). The Labute approximate surface area is 192 Å². The van der Waals surface area contributed by atoms with Crippen molar-refractivity contribution in [2.24, 2.45) is 0 Å². The van der Waals surface area contributed by atoms with Crippen LogP contribution in [0.5, 0.6) is 0 Å². The van der Waals surface area contributed by atoms with Gasteiger partial charge in [-0.05, 0) is 49.1 Å². The fourth-order valence-corrected chi connectivity index (χ4v) is 3.75. The number of halogens is 1. The number of carbonyl (C=O) groups is 2. The van der Waals surface area contributed by atoms with Gasteiger partial charge in [0.15, 0.2) is 5.69 Å². The highest BCUT2D eigenvalue weighted by molar-refractivity contribution is 5.95. The van der Waals surface area contributed by atoms with Gasteiger partial charge in [-0.25, -0.2) is 9.07 Å². The molecule has 2 aromatic rings. The molecule has 3 N–H and O–H groups in total. The lowest BCUT2D eigenvalue weighted by molar-refractivity contribution is -0.139. The maximum atomic E-state index is 13.5. The smallest absolute Gasteiger partial charge is 0.305 e. The van der Waals surface area contributed by atoms with E-state index in [1.807, 2.05) is 13.8 Å². The number of hydrogen-bond donors (Lipinski definition) is 3. The summed E-state index contributed by atoms with van der Waals surface area (Å²) in [4.78, 5) is 25.7. The SMILES string of the molecule is CC(C)c1c(C(=O)N(C)C2CC2)nn(-c2ccc(F)cc2)c1C=CC(O)CC(O)CC(=O)O. The van der Waals surface area contributed by atoms with Crippen LogP contribution < -0.4 is 0 Å². The maximum Gasteiger partial charge on any atom is 0.305 e. The molecule has 3 rings (SSSR count). The van der Waals surface area contributed by atoms with Gasteiger partial charge in [-0.1, -0.05) is 19.9 Å². The Balaban J connectivity index is 2.02. The first-order chi connectivity index (χ1) is 15.6. The molecule has 0 radical (unpaired) electrons. The Morgan fingerprint density at radius 1 is 1.24 bits per heavy atom. The van der Waals surface area contributed by atoms with E-state index in [1.165, 1.54) is 18.2 Å². The van der Waals surface area contributed by atoms with Crippen LogP contribution >= 0.6 is 0 Å². The number of rotatable bonds is 10. The van der Waals surface area contributed by atoms with Crippen molar-refractivity contribution < 1.29 is 29.3 Å². The fraction of sp³-hybridized carbons (Fsp3) is 0.458. The number of benzene rings is 1. The lowest BCUT2D eigenvalue weighted by atomic mass is 9.98. The minimum atomic E-state index is -1.20. The Kier molecular flexibility index (Phi) is 7.65. The van der Waals surface area contributed by atoms with Crippen LogP contribution in [0.1, 0.15) is 67.2 Å². The summed E-state index contributed by atoms with van der Waals surface area (Å²) in [5.41, 5.74) is 2.08. The molecule has 0 aliphatic heterocycles. The second-order valence-electron chi connectivity index (χ2n) is 8.75. The lowest BCUT2D eigenvalue weighted by Crippen LogP contribution is -2.30. The van der Waals surface area contributed by atoms with Gasteiger partial charge in [0, 0.05) is 25.1 Å². The van der Waals surface area contributed by atoms with Crippen molar-refractivity contribution in [1.82, 2.24) is 14.7 Å². The normalized spacial score (nSPS) is 15.7. The van der Waals surface area contributed by atoms with Crippen LogP contribution in [0, 0.1) is 5.82 Å². The van der Waals surface area contributed by atoms with E-state index in [1.54, 1.807) is 34.8 Å². The second-order valence-corrected chi connectivity index (χ2v) is 8.75. The molecule has 8 nitrogen and oxygen atoms in total. The van der Waals surface area contributed by atoms with Crippen molar-refractivity contribution in [3.63, 3.8) is 0 Å². The number of aromatic nitrogens is 2. The summed E-state index contributed by atoms with van der Waals surface area (Å²) in [6, 6.07) is 5.90. The Hall–Kier alpha value is -3.04. The summed E-state index contributed by atoms with van der Waals surface area (Å²) in [7, 11) is 1.75. The molecule has 1 amide bonds. The molecule has 1 fully saturated rings. The maximum absolute atomic E-state index is 13.5. The Morgan fingerprint density at radius 2 is 1.88 bits per heavy atom. The lowest BCUT2D eigenvalue weighted by Gasteiger charge is -2.16. The van der Waals surface area contributed by atoms with Gasteiger partial charge in [0.1, 0.15) is 5.82 Å². The summed E-state index contributed by atoms with van der Waals surface area (Å²) in [6.45, 7) is 3.87. The minimum Gasteiger partial charge on any atom is -0.481 e. The number of nitrogens with zero attached hydrogens (tertiary/aromatic N) is 3. The van der Waals surface area contributed by atoms with Crippen LogP contribution in [-0.4, -0.2) is 67.2 Å². The number of aliphatic hydroxyl groups is 2. The predicted octanol–water partition coefficient (Wildman–Crippen LogP) is 2.97. The highest BCUT2D eigenvalue weighted by Gasteiger charge is 2.34. The van der Waals surface area contributed by atoms with Crippen molar-refractivity contribution in [2.75, 3.05) is 7.05 Å². The largest absolute Gasteiger partial charge is 0.481 e. The molecule has 1 aliphatic rings. The molecule has 1 aliphatic carbocycles. The molecule has 1 aromatic heterocycles. The fourth-order valence-electron chi connectivity index (χ4n) is 3.75. The number of aliphatic hydroxyl groups excluding tert-OH is 2. The first-order valence-corrected chi connectivity index (χ1v) is 11.0. The van der Waals surface area contributed by atoms with Crippen molar-refractivity contribution in [3.05, 3.63) is 53.1 Å². The number of amides is 1. The van der Waals surface area contributed by atoms with Crippen LogP contribution in [0.3, 0.4) is 0 Å². The van der Waals surface area contributed by atoms with E-state index in [0.29, 0.717) is 22.6 Å². The van der Waals surface area contributed by atoms with Gasteiger partial charge in [0.05, 0.1) is 30.0 Å². The number of carboxylic acid groups (broad SMARTS) is 1. The zero-order valence-corrected chi connectivity index (χ0v) is 19.0. The van der Waals surface area contributed by atoms with Gasteiger partial charge in [-0.15, -0.1) is 0 Å². The summed E-state index contributed by atoms with van der Waals surface area (Å²) in [5.74, 6) is -1.84. The molecule has 0 saturated heterocycles. The third-order valence-electron chi connectivity index (χ3n) is 5.63. The van der Waals surface area contributed by atoms with Crippen LogP contribution in [-0.2, 0) is 4.79 Å². The van der Waals surface area contributed by atoms with E-state index in [2.05, 4.69) is 5.10 Å². The van der Waals surface area contributed by atoms with Crippen molar-refractivity contribution in [2.45, 2.75) is 63.7 Å². The van der Waals surface area contributed by atoms with Gasteiger partial charge in [-0.3, -0.25) is 9.59 Å². The van der Waals surface area contributed by atoms with E-state index >= 15 is 0 Å². The molecule has 2 atom stereocenters. The average Bonchev–Trinajstić information content (AvgIpc) is 3.51. The van der Waals surface area contributed by atoms with E-state index in [-0.39, 0.29) is 24.3 Å². The number of aliphatic carboxylic acids is 1. The highest BCUT2D eigenvalue weighted by Crippen LogP contribution is 2.32.